The zero-order valence-corrected chi connectivity index (χ0v) is 16.8. The molecular formula is C23H19F3N2O4. The highest BCUT2D eigenvalue weighted by molar-refractivity contribution is 5.87. The second-order valence-electron chi connectivity index (χ2n) is 7.12. The molecule has 0 aliphatic heterocycles. The normalized spacial score (nSPS) is 11.7. The van der Waals surface area contributed by atoms with Gasteiger partial charge in [-0.1, -0.05) is 6.07 Å². The number of ether oxygens (including phenoxy) is 2. The molecule has 0 atom stereocenters. The summed E-state index contributed by atoms with van der Waals surface area (Å²) in [6.45, 7) is 0.520. The van der Waals surface area contributed by atoms with Crippen LogP contribution in [0.15, 0.2) is 60.9 Å². The van der Waals surface area contributed by atoms with E-state index >= 15 is 0 Å². The maximum Gasteiger partial charge on any atom is 0.416 e. The monoisotopic (exact) mass is 444 g/mol. The van der Waals surface area contributed by atoms with Gasteiger partial charge < -0.3 is 19.1 Å². The summed E-state index contributed by atoms with van der Waals surface area (Å²) in [7, 11) is 0. The van der Waals surface area contributed by atoms with Crippen molar-refractivity contribution >= 4 is 27.8 Å². The van der Waals surface area contributed by atoms with Crippen LogP contribution in [0.25, 0.3) is 21.8 Å². The maximum absolute atomic E-state index is 12.9. The number of pyridine rings is 1. The molecule has 0 spiro atoms. The van der Waals surface area contributed by atoms with Crippen LogP contribution < -0.4 is 9.47 Å². The number of rotatable bonds is 8. The molecule has 4 aromatic rings. The summed E-state index contributed by atoms with van der Waals surface area (Å²) in [6.07, 6.45) is -0.775. The smallest absolute Gasteiger partial charge is 0.416 e. The van der Waals surface area contributed by atoms with Gasteiger partial charge in [0.1, 0.15) is 18.0 Å². The first-order valence-electron chi connectivity index (χ1n) is 9.84. The Kier molecular flexibility index (Phi) is 5.89. The first kappa shape index (κ1) is 21.5. The van der Waals surface area contributed by atoms with Crippen molar-refractivity contribution in [3.63, 3.8) is 0 Å². The maximum atomic E-state index is 12.9. The lowest BCUT2D eigenvalue weighted by atomic mass is 10.1. The minimum absolute atomic E-state index is 0.134. The lowest BCUT2D eigenvalue weighted by Gasteiger charge is -2.12. The van der Waals surface area contributed by atoms with Crippen LogP contribution in [-0.2, 0) is 17.5 Å². The van der Waals surface area contributed by atoms with E-state index in [1.165, 1.54) is 12.3 Å². The summed E-state index contributed by atoms with van der Waals surface area (Å²) in [5, 5.41) is 10.3. The molecule has 32 heavy (non-hydrogen) atoms. The van der Waals surface area contributed by atoms with Gasteiger partial charge in [0.25, 0.3) is 0 Å². The number of nitrogens with zero attached hydrogens (tertiary/aromatic N) is 2. The predicted octanol–water partition coefficient (Wildman–Crippen LogP) is 5.14. The van der Waals surface area contributed by atoms with Crippen LogP contribution in [0.1, 0.15) is 12.0 Å². The summed E-state index contributed by atoms with van der Waals surface area (Å²) in [5.41, 5.74) is 0.225. The van der Waals surface area contributed by atoms with Crippen molar-refractivity contribution in [2.75, 3.05) is 13.2 Å². The molecule has 0 saturated heterocycles. The number of aromatic nitrogens is 2. The Balaban J connectivity index is 1.37. The second-order valence-corrected chi connectivity index (χ2v) is 7.12. The zero-order chi connectivity index (χ0) is 22.7. The highest BCUT2D eigenvalue weighted by Crippen LogP contribution is 2.33. The summed E-state index contributed by atoms with van der Waals surface area (Å²) in [4.78, 5) is 15.0. The summed E-state index contributed by atoms with van der Waals surface area (Å²) in [6, 6.07) is 12.2. The quantitative estimate of drug-likeness (QED) is 0.381. The Labute approximate surface area is 180 Å². The summed E-state index contributed by atoms with van der Waals surface area (Å²) in [5.74, 6) is 0.168. The van der Waals surface area contributed by atoms with E-state index < -0.39 is 17.7 Å². The van der Waals surface area contributed by atoms with E-state index in [9.17, 15) is 18.0 Å². The number of carbonyl (C=O) groups is 1. The fourth-order valence-corrected chi connectivity index (χ4v) is 3.45. The standard InChI is InChI=1S/C23H19F3N2O4/c24-23(25,26)15-5-6-16-18(13-15)27-9-7-21(16)32-12-2-11-31-20-4-1-3-19-17(20)8-10-28(19)14-22(29)30/h1,3-10,13H,2,11-12,14H2,(H,29,30). The van der Waals surface area contributed by atoms with E-state index in [0.717, 1.165) is 23.0 Å². The van der Waals surface area contributed by atoms with Gasteiger partial charge in [0.05, 0.1) is 29.8 Å². The molecule has 2 heterocycles. The minimum Gasteiger partial charge on any atom is -0.493 e. The molecule has 1 N–H and O–H groups in total. The largest absolute Gasteiger partial charge is 0.493 e. The lowest BCUT2D eigenvalue weighted by Crippen LogP contribution is -2.07. The van der Waals surface area contributed by atoms with Gasteiger partial charge in [-0.15, -0.1) is 0 Å². The van der Waals surface area contributed by atoms with Crippen LogP contribution in [0, 0.1) is 0 Å². The molecule has 0 saturated carbocycles. The predicted molar refractivity (Wildman–Crippen MR) is 112 cm³/mol. The molecule has 6 nitrogen and oxygen atoms in total. The number of fused-ring (bicyclic) bond motifs is 2. The highest BCUT2D eigenvalue weighted by atomic mass is 19.4. The molecule has 0 unspecified atom stereocenters. The number of alkyl halides is 3. The average molecular weight is 444 g/mol. The number of aliphatic carboxylic acids is 1. The van der Waals surface area contributed by atoms with Gasteiger partial charge in [-0.3, -0.25) is 9.78 Å². The van der Waals surface area contributed by atoms with Crippen molar-refractivity contribution in [2.24, 2.45) is 0 Å². The van der Waals surface area contributed by atoms with E-state index in [0.29, 0.717) is 36.5 Å². The van der Waals surface area contributed by atoms with Gasteiger partial charge in [0, 0.05) is 29.6 Å². The van der Waals surface area contributed by atoms with Crippen molar-refractivity contribution in [2.45, 2.75) is 19.1 Å². The van der Waals surface area contributed by atoms with Crippen LogP contribution in [-0.4, -0.2) is 33.8 Å². The van der Waals surface area contributed by atoms with Crippen molar-refractivity contribution in [3.05, 3.63) is 66.5 Å². The SMILES string of the molecule is O=C(O)Cn1ccc2c(OCCCOc3ccnc4cc(C(F)(F)F)ccc34)cccc21. The topological polar surface area (TPSA) is 73.6 Å². The van der Waals surface area contributed by atoms with Gasteiger partial charge in [-0.25, -0.2) is 0 Å². The Morgan fingerprint density at radius 2 is 1.75 bits per heavy atom. The Morgan fingerprint density at radius 1 is 1.00 bits per heavy atom. The Hall–Kier alpha value is -3.75. The number of carboxylic acid groups (broad SMARTS) is 1. The third kappa shape index (κ3) is 4.61. The average Bonchev–Trinajstić information content (AvgIpc) is 3.15. The molecular weight excluding hydrogens is 425 g/mol. The number of hydrogen-bond acceptors (Lipinski definition) is 4. The van der Waals surface area contributed by atoms with Crippen molar-refractivity contribution in [3.8, 4) is 11.5 Å². The molecule has 0 aliphatic carbocycles. The summed E-state index contributed by atoms with van der Waals surface area (Å²) < 4.78 is 51.9. The Bertz CT molecular complexity index is 1270. The third-order valence-corrected chi connectivity index (χ3v) is 4.91. The molecule has 2 aromatic heterocycles. The molecule has 0 bridgehead atoms. The molecule has 2 aromatic carbocycles. The molecule has 0 aliphatic rings. The van der Waals surface area contributed by atoms with Gasteiger partial charge in [0.2, 0.25) is 0 Å². The highest BCUT2D eigenvalue weighted by Gasteiger charge is 2.30. The van der Waals surface area contributed by atoms with E-state index in [4.69, 9.17) is 14.6 Å². The number of benzene rings is 2. The van der Waals surface area contributed by atoms with Crippen molar-refractivity contribution < 1.29 is 32.5 Å². The second kappa shape index (κ2) is 8.78. The van der Waals surface area contributed by atoms with E-state index in [1.807, 2.05) is 18.2 Å². The number of halogens is 3. The molecule has 9 heteroatoms. The Morgan fingerprint density at radius 3 is 2.47 bits per heavy atom. The summed E-state index contributed by atoms with van der Waals surface area (Å²) >= 11 is 0. The van der Waals surface area contributed by atoms with Crippen LogP contribution in [0.3, 0.4) is 0 Å². The molecule has 0 fully saturated rings. The third-order valence-electron chi connectivity index (χ3n) is 4.91. The molecule has 4 rings (SSSR count). The van der Waals surface area contributed by atoms with Gasteiger partial charge in [0.15, 0.2) is 0 Å². The van der Waals surface area contributed by atoms with Gasteiger partial charge in [-0.05, 0) is 42.5 Å². The van der Waals surface area contributed by atoms with Crippen LogP contribution in [0.4, 0.5) is 13.2 Å². The lowest BCUT2D eigenvalue weighted by molar-refractivity contribution is -0.138. The fourth-order valence-electron chi connectivity index (χ4n) is 3.45. The minimum atomic E-state index is -4.43. The molecule has 0 amide bonds. The van der Waals surface area contributed by atoms with E-state index in [2.05, 4.69) is 4.98 Å². The van der Waals surface area contributed by atoms with Crippen molar-refractivity contribution in [1.29, 1.82) is 0 Å². The van der Waals surface area contributed by atoms with Gasteiger partial charge >= 0.3 is 12.1 Å². The van der Waals surface area contributed by atoms with Crippen LogP contribution >= 0.6 is 0 Å². The van der Waals surface area contributed by atoms with Crippen LogP contribution in [0.5, 0.6) is 11.5 Å². The molecule has 166 valence electrons. The fraction of sp³-hybridized carbons (Fsp3) is 0.217. The number of carboxylic acids is 1. The first-order chi connectivity index (χ1) is 15.3. The zero-order valence-electron chi connectivity index (χ0n) is 16.8. The number of hydrogen-bond donors (Lipinski definition) is 1. The van der Waals surface area contributed by atoms with Crippen LogP contribution in [0.2, 0.25) is 0 Å². The van der Waals surface area contributed by atoms with E-state index in [1.54, 1.807) is 22.9 Å². The van der Waals surface area contributed by atoms with E-state index in [-0.39, 0.29) is 12.1 Å². The van der Waals surface area contributed by atoms with Gasteiger partial charge in [-0.2, -0.15) is 13.2 Å². The first-order valence-corrected chi connectivity index (χ1v) is 9.84. The van der Waals surface area contributed by atoms with Crippen molar-refractivity contribution in [1.82, 2.24) is 9.55 Å². The molecule has 0 radical (unpaired) electrons.